The van der Waals surface area contributed by atoms with Gasteiger partial charge in [0.15, 0.2) is 5.71 Å². The number of carboxylic acids is 1. The summed E-state index contributed by atoms with van der Waals surface area (Å²) in [7, 11) is 4.42. The molecule has 0 saturated carbocycles. The average Bonchev–Trinajstić information content (AvgIpc) is 3.29. The van der Waals surface area contributed by atoms with Crippen molar-refractivity contribution in [3.63, 3.8) is 0 Å². The van der Waals surface area contributed by atoms with Gasteiger partial charge in [-0.25, -0.2) is 0 Å². The fourth-order valence-corrected chi connectivity index (χ4v) is 7.51. The number of likely N-dealkylation sites (N-methyl/N-ethyl adjacent to an activating group) is 1. The minimum atomic E-state index is -5.19. The van der Waals surface area contributed by atoms with E-state index < -0.39 is 12.1 Å². The fraction of sp³-hybridized carbons (Fsp3) is 0.389. The third-order valence-electron chi connectivity index (χ3n) is 8.76. The minimum absolute atomic E-state index is 0.00582. The molecule has 0 bridgehead atoms. The van der Waals surface area contributed by atoms with Gasteiger partial charge in [0.2, 0.25) is 5.69 Å². The SMILES string of the molecule is CCSC1=C(/C=C/C2=[N+](C)c3ccccc3C2(C)C)CCC/C1=C/C=C1/N(C)c2ccccc2C1(C)C.O=C([O-])C(F)(F)F. The summed E-state index contributed by atoms with van der Waals surface area (Å²) in [5.74, 6) is -1.92. The van der Waals surface area contributed by atoms with Crippen LogP contribution in [-0.2, 0) is 15.6 Å². The van der Waals surface area contributed by atoms with Crippen LogP contribution in [0.5, 0.6) is 0 Å². The first kappa shape index (κ1) is 33.4. The number of nitrogens with zero attached hydrogens (tertiary/aromatic N) is 2. The lowest BCUT2D eigenvalue weighted by Crippen LogP contribution is -2.37. The lowest BCUT2D eigenvalue weighted by molar-refractivity contribution is -0.401. The Kier molecular flexibility index (Phi) is 9.74. The Morgan fingerprint density at radius 1 is 0.977 bits per heavy atom. The van der Waals surface area contributed by atoms with Crippen LogP contribution in [0.4, 0.5) is 24.5 Å². The lowest BCUT2D eigenvalue weighted by Gasteiger charge is -2.25. The number of benzene rings is 2. The molecule has 0 spiro atoms. The number of alkyl halides is 3. The van der Waals surface area contributed by atoms with E-state index in [1.54, 1.807) is 0 Å². The van der Waals surface area contributed by atoms with E-state index in [0.29, 0.717) is 0 Å². The molecule has 234 valence electrons. The fourth-order valence-electron chi connectivity index (χ4n) is 6.51. The molecule has 5 rings (SSSR count). The number of anilines is 1. The Morgan fingerprint density at radius 2 is 1.59 bits per heavy atom. The van der Waals surface area contributed by atoms with Crippen LogP contribution in [0.1, 0.15) is 65.0 Å². The van der Waals surface area contributed by atoms with Gasteiger partial charge >= 0.3 is 6.18 Å². The number of hydrogen-bond acceptors (Lipinski definition) is 4. The molecule has 0 radical (unpaired) electrons. The zero-order valence-electron chi connectivity index (χ0n) is 26.5. The molecule has 44 heavy (non-hydrogen) atoms. The first-order valence-corrected chi connectivity index (χ1v) is 15.9. The Bertz CT molecular complexity index is 1590. The van der Waals surface area contributed by atoms with Crippen LogP contribution in [0.25, 0.3) is 0 Å². The average molecular weight is 623 g/mol. The summed E-state index contributed by atoms with van der Waals surface area (Å²) in [4.78, 5) is 12.6. The molecule has 0 aromatic heterocycles. The molecule has 0 unspecified atom stereocenters. The van der Waals surface area contributed by atoms with Crippen LogP contribution in [0.3, 0.4) is 0 Å². The second-order valence-corrected chi connectivity index (χ2v) is 13.6. The topological polar surface area (TPSA) is 46.4 Å². The maximum atomic E-state index is 10.5. The van der Waals surface area contributed by atoms with Crippen molar-refractivity contribution in [3.8, 4) is 0 Å². The number of rotatable bonds is 5. The molecule has 2 aliphatic heterocycles. The summed E-state index contributed by atoms with van der Waals surface area (Å²) in [5, 5.41) is 8.78. The number of allylic oxidation sites excluding steroid dienone is 7. The standard InChI is InChI=1S/C34H41N2S.C2HF3O2/c1-8-37-32-24(20-22-30-33(2,3)26-16-9-11-18-28(26)35(30)6)14-13-15-25(32)21-23-31-34(4,5)27-17-10-12-19-29(27)36(31)7;3-2(4,5)1(6)7/h9-12,16-23H,8,13-15H2,1-7H3;(H,6,7)/q+1;/p-1. The van der Waals surface area contributed by atoms with E-state index >= 15 is 0 Å². The molecule has 0 saturated heterocycles. The highest BCUT2D eigenvalue weighted by molar-refractivity contribution is 8.03. The van der Waals surface area contributed by atoms with Crippen LogP contribution in [0.15, 0.2) is 94.6 Å². The second-order valence-electron chi connectivity index (χ2n) is 12.3. The van der Waals surface area contributed by atoms with Gasteiger partial charge in [0.25, 0.3) is 0 Å². The van der Waals surface area contributed by atoms with E-state index in [4.69, 9.17) is 9.90 Å². The van der Waals surface area contributed by atoms with Gasteiger partial charge in [-0.1, -0.05) is 69.3 Å². The Balaban J connectivity index is 0.000000566. The largest absolute Gasteiger partial charge is 0.542 e. The van der Waals surface area contributed by atoms with Gasteiger partial charge in [0, 0.05) is 46.5 Å². The van der Waals surface area contributed by atoms with Gasteiger partial charge in [-0.3, -0.25) is 0 Å². The van der Waals surface area contributed by atoms with Crippen molar-refractivity contribution in [2.24, 2.45) is 0 Å². The van der Waals surface area contributed by atoms with Crippen molar-refractivity contribution < 1.29 is 27.6 Å². The van der Waals surface area contributed by atoms with Crippen LogP contribution in [-0.4, -0.2) is 42.3 Å². The zero-order valence-corrected chi connectivity index (χ0v) is 27.3. The molecule has 8 heteroatoms. The maximum absolute atomic E-state index is 10.5. The highest BCUT2D eigenvalue weighted by Gasteiger charge is 2.42. The summed E-state index contributed by atoms with van der Waals surface area (Å²) < 4.78 is 33.9. The Hall–Kier alpha value is -3.52. The summed E-state index contributed by atoms with van der Waals surface area (Å²) in [6.07, 6.45) is 7.91. The number of halogens is 3. The molecule has 0 amide bonds. The van der Waals surface area contributed by atoms with Crippen LogP contribution in [0, 0.1) is 0 Å². The van der Waals surface area contributed by atoms with E-state index in [1.807, 2.05) is 11.8 Å². The number of para-hydroxylation sites is 2. The zero-order chi connectivity index (χ0) is 32.4. The van der Waals surface area contributed by atoms with Gasteiger partial charge in [0.1, 0.15) is 13.0 Å². The van der Waals surface area contributed by atoms with Gasteiger partial charge in [-0.05, 0) is 67.7 Å². The third-order valence-corrected chi connectivity index (χ3v) is 9.86. The van der Waals surface area contributed by atoms with Crippen molar-refractivity contribution in [2.75, 3.05) is 24.7 Å². The molecular weight excluding hydrogens is 581 g/mol. The van der Waals surface area contributed by atoms with E-state index in [9.17, 15) is 13.2 Å². The van der Waals surface area contributed by atoms with Crippen molar-refractivity contribution in [2.45, 2.75) is 70.9 Å². The molecule has 0 atom stereocenters. The lowest BCUT2D eigenvalue weighted by atomic mass is 9.81. The molecule has 2 aromatic carbocycles. The van der Waals surface area contributed by atoms with Crippen LogP contribution >= 0.6 is 11.8 Å². The number of carbonyl (C=O) groups excluding carboxylic acids is 1. The highest BCUT2D eigenvalue weighted by atomic mass is 32.2. The van der Waals surface area contributed by atoms with Gasteiger partial charge < -0.3 is 14.8 Å². The molecule has 2 aromatic rings. The van der Waals surface area contributed by atoms with E-state index in [0.717, 1.165) is 18.6 Å². The smallest absolute Gasteiger partial charge is 0.430 e. The first-order chi connectivity index (χ1) is 20.6. The predicted octanol–water partition coefficient (Wildman–Crippen LogP) is 7.98. The van der Waals surface area contributed by atoms with E-state index in [-0.39, 0.29) is 10.8 Å². The Morgan fingerprint density at radius 3 is 2.18 bits per heavy atom. The van der Waals surface area contributed by atoms with Crippen LogP contribution < -0.4 is 10.0 Å². The maximum Gasteiger partial charge on any atom is 0.430 e. The van der Waals surface area contributed by atoms with Gasteiger partial charge in [0.05, 0.1) is 5.41 Å². The van der Waals surface area contributed by atoms with Crippen molar-refractivity contribution >= 4 is 34.8 Å². The number of carboxylic acid groups (broad SMARTS) is 1. The molecule has 0 N–H and O–H groups in total. The quantitative estimate of drug-likeness (QED) is 0.318. The number of fused-ring (bicyclic) bond motifs is 2. The summed E-state index contributed by atoms with van der Waals surface area (Å²) in [5.41, 5.74) is 11.2. The molecular formula is C36H41F3N2O2S. The van der Waals surface area contributed by atoms with Crippen LogP contribution in [0.2, 0.25) is 0 Å². The molecule has 1 aliphatic carbocycles. The monoisotopic (exact) mass is 622 g/mol. The van der Waals surface area contributed by atoms with E-state index in [2.05, 4.69) is 131 Å². The number of aliphatic carboxylic acids is 1. The molecule has 0 fully saturated rings. The number of carbonyl (C=O) groups is 1. The first-order valence-electron chi connectivity index (χ1n) is 14.9. The minimum Gasteiger partial charge on any atom is -0.542 e. The number of thioether (sulfide) groups is 1. The molecule has 4 nitrogen and oxygen atoms in total. The summed E-state index contributed by atoms with van der Waals surface area (Å²) >= 11 is 2.00. The van der Waals surface area contributed by atoms with E-state index in [1.165, 1.54) is 56.4 Å². The Labute approximate surface area is 263 Å². The second kappa shape index (κ2) is 12.8. The van der Waals surface area contributed by atoms with Crippen molar-refractivity contribution in [1.82, 2.24) is 0 Å². The third kappa shape index (κ3) is 6.46. The summed E-state index contributed by atoms with van der Waals surface area (Å²) in [6, 6.07) is 17.6. The molecule has 3 aliphatic rings. The van der Waals surface area contributed by atoms with Gasteiger partial charge in [-0.15, -0.1) is 11.8 Å². The van der Waals surface area contributed by atoms with Gasteiger partial charge in [-0.2, -0.15) is 17.7 Å². The number of hydrogen-bond donors (Lipinski definition) is 0. The predicted molar refractivity (Wildman–Crippen MR) is 174 cm³/mol. The summed E-state index contributed by atoms with van der Waals surface area (Å²) in [6.45, 7) is 11.7. The van der Waals surface area contributed by atoms with Crippen molar-refractivity contribution in [1.29, 1.82) is 0 Å². The van der Waals surface area contributed by atoms with Crippen molar-refractivity contribution in [3.05, 3.63) is 106 Å². The normalized spacial score (nSPS) is 20.7. The molecule has 2 heterocycles. The highest BCUT2D eigenvalue weighted by Crippen LogP contribution is 2.47.